The maximum Gasteiger partial charge on any atom is 0.232 e. The lowest BCUT2D eigenvalue weighted by atomic mass is 9.80. The fraction of sp³-hybridized carbons (Fsp3) is 0.0400. The van der Waals surface area contributed by atoms with Gasteiger partial charge < -0.3 is 16.4 Å². The van der Waals surface area contributed by atoms with Crippen LogP contribution in [0.15, 0.2) is 60.0 Å². The van der Waals surface area contributed by atoms with E-state index in [1.807, 2.05) is 43.3 Å². The second kappa shape index (κ2) is 8.88. The quantitative estimate of drug-likeness (QED) is 0.159. The summed E-state index contributed by atoms with van der Waals surface area (Å²) < 4.78 is 0. The number of nitrogens with one attached hydrogen (secondary N) is 2. The molecule has 3 aromatic carbocycles. The Balaban J connectivity index is 1.57. The van der Waals surface area contributed by atoms with Crippen molar-refractivity contribution in [2.75, 3.05) is 16.4 Å². The number of aromatic nitrogens is 3. The molecule has 0 spiro atoms. The van der Waals surface area contributed by atoms with Crippen molar-refractivity contribution in [3.8, 4) is 0 Å². The number of nitrogens with two attached hydrogens (primary N) is 1. The normalized spacial score (nSPS) is 12.2. The third-order valence-electron chi connectivity index (χ3n) is 5.56. The summed E-state index contributed by atoms with van der Waals surface area (Å²) in [7, 11) is 0. The molecule has 0 atom stereocenters. The monoisotopic (exact) mass is 520 g/mol. The van der Waals surface area contributed by atoms with Gasteiger partial charge in [0, 0.05) is 33.1 Å². The van der Waals surface area contributed by atoms with Gasteiger partial charge in [0.1, 0.15) is 0 Å². The van der Waals surface area contributed by atoms with Crippen molar-refractivity contribution in [2.45, 2.75) is 11.8 Å². The number of benzene rings is 3. The highest BCUT2D eigenvalue weighted by Crippen LogP contribution is 2.44. The molecule has 0 fully saturated rings. The number of halogens is 2. The largest absolute Gasteiger partial charge is 0.397 e. The van der Waals surface area contributed by atoms with Gasteiger partial charge >= 0.3 is 0 Å². The Morgan fingerprint density at radius 2 is 1.54 bits per heavy atom. The average molecular weight is 521 g/mol. The van der Waals surface area contributed by atoms with E-state index in [2.05, 4.69) is 44.8 Å². The van der Waals surface area contributed by atoms with E-state index >= 15 is 0 Å². The van der Waals surface area contributed by atoms with Crippen LogP contribution in [-0.4, -0.2) is 20.7 Å². The summed E-state index contributed by atoms with van der Waals surface area (Å²) in [5.41, 5.74) is 12.8. The molecule has 174 valence electrons. The van der Waals surface area contributed by atoms with E-state index in [4.69, 9.17) is 28.9 Å². The van der Waals surface area contributed by atoms with Gasteiger partial charge in [-0.2, -0.15) is 15.0 Å². The number of ketones is 1. The smallest absolute Gasteiger partial charge is 0.232 e. The summed E-state index contributed by atoms with van der Waals surface area (Å²) in [6.07, 6.45) is 0. The SMILES string of the molecule is C=C1c2ccccc2C(=O)c2c(N)c(S)cc(Nc3cc(C)cc(Nc4nc(Cl)nc(Cl)n4)c3)c21. The maximum absolute atomic E-state index is 13.4. The van der Waals surface area contributed by atoms with E-state index in [9.17, 15) is 4.79 Å². The second-order valence-electron chi connectivity index (χ2n) is 7.99. The standard InChI is InChI=1S/C25H18Cl2N6OS/c1-11-7-13(9-14(8-11)30-25-32-23(26)31-24(27)33-25)29-17-10-18(35)21(28)20-19(17)12(2)15-5-3-4-6-16(15)22(20)34/h3-10,29,35H,2,28H2,1H3,(H,30,31,32,33). The molecule has 5 rings (SSSR count). The number of rotatable bonds is 4. The van der Waals surface area contributed by atoms with Crippen molar-refractivity contribution in [3.05, 3.63) is 93.5 Å². The Hall–Kier alpha value is -3.59. The predicted octanol–water partition coefficient (Wildman–Crippen LogP) is 6.45. The summed E-state index contributed by atoms with van der Waals surface area (Å²) >= 11 is 16.3. The van der Waals surface area contributed by atoms with E-state index in [0.717, 1.165) is 16.8 Å². The van der Waals surface area contributed by atoms with Crippen LogP contribution in [0.4, 0.5) is 28.7 Å². The number of hydrogen-bond acceptors (Lipinski definition) is 8. The molecule has 1 aliphatic rings. The first-order valence-electron chi connectivity index (χ1n) is 10.4. The molecule has 7 nitrogen and oxygen atoms in total. The first kappa shape index (κ1) is 23.2. The Bertz CT molecular complexity index is 1540. The Morgan fingerprint density at radius 1 is 0.914 bits per heavy atom. The Labute approximate surface area is 216 Å². The van der Waals surface area contributed by atoms with Gasteiger partial charge in [0.05, 0.1) is 11.3 Å². The molecule has 0 aliphatic heterocycles. The molecule has 4 aromatic rings. The van der Waals surface area contributed by atoms with Crippen LogP contribution in [0.1, 0.15) is 32.6 Å². The summed E-state index contributed by atoms with van der Waals surface area (Å²) in [4.78, 5) is 25.7. The molecular weight excluding hydrogens is 503 g/mol. The molecule has 1 heterocycles. The molecule has 0 bridgehead atoms. The van der Waals surface area contributed by atoms with Gasteiger partial charge in [-0.05, 0) is 71.1 Å². The number of aryl methyl sites for hydroxylation is 1. The van der Waals surface area contributed by atoms with Crippen molar-refractivity contribution in [2.24, 2.45) is 0 Å². The number of anilines is 5. The predicted molar refractivity (Wildman–Crippen MR) is 144 cm³/mol. The molecule has 0 radical (unpaired) electrons. The molecule has 1 aliphatic carbocycles. The zero-order valence-corrected chi connectivity index (χ0v) is 20.8. The minimum Gasteiger partial charge on any atom is -0.397 e. The number of nitrogen functional groups attached to an aromatic ring is 1. The number of nitrogens with zero attached hydrogens (tertiary/aromatic N) is 3. The third-order valence-corrected chi connectivity index (χ3v) is 6.27. The van der Waals surface area contributed by atoms with Crippen molar-refractivity contribution >= 4 is 75.9 Å². The number of carbonyl (C=O) groups is 1. The topological polar surface area (TPSA) is 106 Å². The van der Waals surface area contributed by atoms with E-state index < -0.39 is 0 Å². The summed E-state index contributed by atoms with van der Waals surface area (Å²) in [6, 6.07) is 14.9. The third kappa shape index (κ3) is 4.32. The van der Waals surface area contributed by atoms with Gasteiger partial charge in [0.15, 0.2) is 5.78 Å². The molecule has 35 heavy (non-hydrogen) atoms. The highest BCUT2D eigenvalue weighted by Gasteiger charge is 2.31. The molecule has 1 aromatic heterocycles. The Kier molecular flexibility index (Phi) is 5.88. The van der Waals surface area contributed by atoms with Crippen LogP contribution in [0.3, 0.4) is 0 Å². The number of thiol groups is 1. The van der Waals surface area contributed by atoms with Crippen molar-refractivity contribution in [1.29, 1.82) is 0 Å². The van der Waals surface area contributed by atoms with Crippen molar-refractivity contribution in [1.82, 2.24) is 15.0 Å². The van der Waals surface area contributed by atoms with E-state index in [1.165, 1.54) is 0 Å². The Morgan fingerprint density at radius 3 is 2.23 bits per heavy atom. The molecule has 0 saturated carbocycles. The van der Waals surface area contributed by atoms with E-state index in [0.29, 0.717) is 44.2 Å². The fourth-order valence-corrected chi connectivity index (χ4v) is 4.74. The second-order valence-corrected chi connectivity index (χ2v) is 9.15. The molecule has 0 amide bonds. The van der Waals surface area contributed by atoms with Crippen LogP contribution in [0, 0.1) is 6.92 Å². The molecule has 0 unspecified atom stereocenters. The van der Waals surface area contributed by atoms with Crippen LogP contribution < -0.4 is 16.4 Å². The van der Waals surface area contributed by atoms with Crippen molar-refractivity contribution in [3.63, 3.8) is 0 Å². The highest BCUT2D eigenvalue weighted by atomic mass is 35.5. The minimum absolute atomic E-state index is 0.0169. The zero-order chi connectivity index (χ0) is 24.9. The molecule has 0 saturated heterocycles. The average Bonchev–Trinajstić information content (AvgIpc) is 2.78. The van der Waals surface area contributed by atoms with Gasteiger partial charge in [-0.25, -0.2) is 0 Å². The van der Waals surface area contributed by atoms with Crippen LogP contribution in [-0.2, 0) is 0 Å². The van der Waals surface area contributed by atoms with Gasteiger partial charge in [-0.15, -0.1) is 12.6 Å². The molecule has 10 heteroatoms. The van der Waals surface area contributed by atoms with Gasteiger partial charge in [0.2, 0.25) is 16.5 Å². The lowest BCUT2D eigenvalue weighted by Gasteiger charge is -2.26. The van der Waals surface area contributed by atoms with Crippen LogP contribution in [0.25, 0.3) is 5.57 Å². The lowest BCUT2D eigenvalue weighted by Crippen LogP contribution is -2.18. The number of fused-ring (bicyclic) bond motifs is 2. The first-order chi connectivity index (χ1) is 16.7. The van der Waals surface area contributed by atoms with Crippen LogP contribution in [0.2, 0.25) is 10.6 Å². The van der Waals surface area contributed by atoms with Gasteiger partial charge in [-0.3, -0.25) is 4.79 Å². The summed E-state index contributed by atoms with van der Waals surface area (Å²) in [5, 5.41) is 6.46. The van der Waals surface area contributed by atoms with Gasteiger partial charge in [-0.1, -0.05) is 30.8 Å². The summed E-state index contributed by atoms with van der Waals surface area (Å²) in [5.74, 6) is 0.0549. The van der Waals surface area contributed by atoms with E-state index in [1.54, 1.807) is 12.1 Å². The van der Waals surface area contributed by atoms with Crippen LogP contribution in [0.5, 0.6) is 0 Å². The summed E-state index contributed by atoms with van der Waals surface area (Å²) in [6.45, 7) is 6.23. The van der Waals surface area contributed by atoms with Crippen LogP contribution >= 0.6 is 35.8 Å². The van der Waals surface area contributed by atoms with Crippen molar-refractivity contribution < 1.29 is 4.79 Å². The number of carbonyl (C=O) groups excluding carboxylic acids is 1. The molecule has 4 N–H and O–H groups in total. The fourth-order valence-electron chi connectivity index (χ4n) is 4.14. The number of hydrogen-bond donors (Lipinski definition) is 4. The maximum atomic E-state index is 13.4. The van der Waals surface area contributed by atoms with E-state index in [-0.39, 0.29) is 22.3 Å². The highest BCUT2D eigenvalue weighted by molar-refractivity contribution is 7.80. The van der Waals surface area contributed by atoms with Gasteiger partial charge in [0.25, 0.3) is 0 Å². The minimum atomic E-state index is -0.158. The molecular formula is C25H18Cl2N6OS. The lowest BCUT2D eigenvalue weighted by molar-refractivity contribution is 0.103. The first-order valence-corrected chi connectivity index (χ1v) is 11.6. The zero-order valence-electron chi connectivity index (χ0n) is 18.4.